The second-order valence-corrected chi connectivity index (χ2v) is 6.38. The molecule has 2 rings (SSSR count). The quantitative estimate of drug-likeness (QED) is 0.668. The van der Waals surface area contributed by atoms with Crippen LogP contribution in [0.2, 0.25) is 0 Å². The molecule has 0 aromatic rings. The topological polar surface area (TPSA) is 47.6 Å². The van der Waals surface area contributed by atoms with Gasteiger partial charge in [0.2, 0.25) is 5.91 Å². The Morgan fingerprint density at radius 2 is 2.05 bits per heavy atom. The summed E-state index contributed by atoms with van der Waals surface area (Å²) >= 11 is 0. The molecular weight excluding hydrogens is 252 g/mol. The van der Waals surface area contributed by atoms with Crippen LogP contribution in [0.5, 0.6) is 0 Å². The molecule has 0 saturated carbocycles. The first-order chi connectivity index (χ1) is 9.61. The Balaban J connectivity index is 1.67. The van der Waals surface area contributed by atoms with E-state index in [9.17, 15) is 4.79 Å². The summed E-state index contributed by atoms with van der Waals surface area (Å²) in [7, 11) is 0. The Hall–Kier alpha value is -0.910. The van der Waals surface area contributed by atoms with Gasteiger partial charge in [0.15, 0.2) is 0 Å². The van der Waals surface area contributed by atoms with Gasteiger partial charge >= 0.3 is 0 Å². The molecule has 0 spiro atoms. The fourth-order valence-electron chi connectivity index (χ4n) is 3.09. The first-order valence-corrected chi connectivity index (χ1v) is 7.64. The number of amides is 1. The monoisotopic (exact) mass is 280 g/mol. The van der Waals surface area contributed by atoms with Crippen molar-refractivity contribution >= 4 is 5.91 Å². The van der Waals surface area contributed by atoms with E-state index in [4.69, 9.17) is 0 Å². The van der Waals surface area contributed by atoms with Crippen molar-refractivity contribution in [3.05, 3.63) is 12.7 Å². The van der Waals surface area contributed by atoms with Crippen LogP contribution in [0.25, 0.3) is 0 Å². The normalized spacial score (nSPS) is 28.4. The van der Waals surface area contributed by atoms with E-state index in [-0.39, 0.29) is 5.91 Å². The van der Waals surface area contributed by atoms with Crippen molar-refractivity contribution in [2.45, 2.75) is 13.3 Å². The lowest BCUT2D eigenvalue weighted by atomic mass is 9.89. The lowest BCUT2D eigenvalue weighted by molar-refractivity contribution is -0.122. The van der Waals surface area contributed by atoms with Gasteiger partial charge in [-0.25, -0.2) is 0 Å². The number of carbonyl (C=O) groups is 1. The molecule has 114 valence electrons. The minimum atomic E-state index is 0.102. The molecule has 2 aliphatic rings. The highest BCUT2D eigenvalue weighted by atomic mass is 16.2. The van der Waals surface area contributed by atoms with Gasteiger partial charge in [0, 0.05) is 45.8 Å². The van der Waals surface area contributed by atoms with Gasteiger partial charge in [0.1, 0.15) is 0 Å². The Morgan fingerprint density at radius 3 is 2.65 bits per heavy atom. The van der Waals surface area contributed by atoms with Crippen LogP contribution < -0.4 is 10.6 Å². The smallest absolute Gasteiger partial charge is 0.234 e. The van der Waals surface area contributed by atoms with Crippen LogP contribution >= 0.6 is 0 Å². The van der Waals surface area contributed by atoms with Crippen LogP contribution in [0.3, 0.4) is 0 Å². The molecule has 1 unspecified atom stereocenters. The SMILES string of the molecule is C=CCNC(=O)CN1CCN(CC2(C)CCNC2)CC1. The highest BCUT2D eigenvalue weighted by molar-refractivity contribution is 5.78. The number of carbonyl (C=O) groups excluding carboxylic acids is 1. The number of nitrogens with zero attached hydrogens (tertiary/aromatic N) is 2. The maximum atomic E-state index is 11.7. The van der Waals surface area contributed by atoms with Crippen molar-refractivity contribution in [2.75, 3.05) is 58.9 Å². The number of piperazine rings is 1. The van der Waals surface area contributed by atoms with Gasteiger partial charge in [-0.1, -0.05) is 13.0 Å². The fourth-order valence-corrected chi connectivity index (χ4v) is 3.09. The Kier molecular flexibility index (Phi) is 5.57. The number of hydrogen-bond acceptors (Lipinski definition) is 4. The van der Waals surface area contributed by atoms with Gasteiger partial charge in [-0.05, 0) is 18.4 Å². The molecule has 0 aromatic heterocycles. The van der Waals surface area contributed by atoms with Gasteiger partial charge in [-0.3, -0.25) is 9.69 Å². The third-order valence-corrected chi connectivity index (χ3v) is 4.34. The third-order valence-electron chi connectivity index (χ3n) is 4.34. The first-order valence-electron chi connectivity index (χ1n) is 7.64. The predicted molar refractivity (Wildman–Crippen MR) is 81.7 cm³/mol. The molecule has 0 radical (unpaired) electrons. The van der Waals surface area contributed by atoms with E-state index in [0.717, 1.165) is 39.3 Å². The largest absolute Gasteiger partial charge is 0.352 e. The van der Waals surface area contributed by atoms with E-state index in [2.05, 4.69) is 33.9 Å². The maximum Gasteiger partial charge on any atom is 0.234 e. The molecule has 0 aliphatic carbocycles. The van der Waals surface area contributed by atoms with Crippen LogP contribution in [-0.2, 0) is 4.79 Å². The van der Waals surface area contributed by atoms with E-state index in [1.54, 1.807) is 6.08 Å². The van der Waals surface area contributed by atoms with Crippen molar-refractivity contribution in [3.63, 3.8) is 0 Å². The summed E-state index contributed by atoms with van der Waals surface area (Å²) in [4.78, 5) is 16.4. The molecule has 20 heavy (non-hydrogen) atoms. The van der Waals surface area contributed by atoms with Crippen molar-refractivity contribution in [1.82, 2.24) is 20.4 Å². The van der Waals surface area contributed by atoms with E-state index in [1.165, 1.54) is 13.0 Å². The summed E-state index contributed by atoms with van der Waals surface area (Å²) in [6, 6.07) is 0. The van der Waals surface area contributed by atoms with E-state index < -0.39 is 0 Å². The summed E-state index contributed by atoms with van der Waals surface area (Å²) < 4.78 is 0. The highest BCUT2D eigenvalue weighted by Gasteiger charge is 2.31. The third kappa shape index (κ3) is 4.58. The zero-order valence-corrected chi connectivity index (χ0v) is 12.7. The average Bonchev–Trinajstić information content (AvgIpc) is 2.85. The van der Waals surface area contributed by atoms with Crippen LogP contribution in [-0.4, -0.2) is 74.6 Å². The molecule has 5 heteroatoms. The molecular formula is C15H28N4O. The van der Waals surface area contributed by atoms with Crippen molar-refractivity contribution < 1.29 is 4.79 Å². The minimum Gasteiger partial charge on any atom is -0.352 e. The highest BCUT2D eigenvalue weighted by Crippen LogP contribution is 2.26. The molecule has 2 N–H and O–H groups in total. The first kappa shape index (κ1) is 15.5. The summed E-state index contributed by atoms with van der Waals surface area (Å²) in [5.74, 6) is 0.102. The van der Waals surface area contributed by atoms with E-state index in [1.807, 2.05) is 0 Å². The Bertz CT molecular complexity index is 331. The van der Waals surface area contributed by atoms with Crippen LogP contribution in [0.4, 0.5) is 0 Å². The van der Waals surface area contributed by atoms with E-state index >= 15 is 0 Å². The molecule has 0 bridgehead atoms. The van der Waals surface area contributed by atoms with Gasteiger partial charge in [0.05, 0.1) is 6.54 Å². The molecule has 0 aromatic carbocycles. The maximum absolute atomic E-state index is 11.7. The van der Waals surface area contributed by atoms with Crippen molar-refractivity contribution in [3.8, 4) is 0 Å². The minimum absolute atomic E-state index is 0.102. The van der Waals surface area contributed by atoms with Gasteiger partial charge in [-0.15, -0.1) is 6.58 Å². The van der Waals surface area contributed by atoms with Crippen LogP contribution in [0.15, 0.2) is 12.7 Å². The lowest BCUT2D eigenvalue weighted by Crippen LogP contribution is -2.51. The molecule has 2 fully saturated rings. The lowest BCUT2D eigenvalue weighted by Gasteiger charge is -2.38. The Labute approximate surface area is 122 Å². The second-order valence-electron chi connectivity index (χ2n) is 6.38. The Morgan fingerprint density at radius 1 is 1.35 bits per heavy atom. The zero-order valence-electron chi connectivity index (χ0n) is 12.7. The van der Waals surface area contributed by atoms with Gasteiger partial charge < -0.3 is 15.5 Å². The number of hydrogen-bond donors (Lipinski definition) is 2. The molecule has 1 amide bonds. The average molecular weight is 280 g/mol. The predicted octanol–water partition coefficient (Wildman–Crippen LogP) is -0.0942. The van der Waals surface area contributed by atoms with Crippen molar-refractivity contribution in [1.29, 1.82) is 0 Å². The van der Waals surface area contributed by atoms with Gasteiger partial charge in [0.25, 0.3) is 0 Å². The molecule has 5 nitrogen and oxygen atoms in total. The number of rotatable bonds is 6. The zero-order chi connectivity index (χ0) is 14.4. The van der Waals surface area contributed by atoms with E-state index in [0.29, 0.717) is 18.5 Å². The molecule has 2 saturated heterocycles. The summed E-state index contributed by atoms with van der Waals surface area (Å²) in [6.45, 7) is 14.7. The molecule has 1 atom stereocenters. The molecule has 2 heterocycles. The molecule has 2 aliphatic heterocycles. The standard InChI is InChI=1S/C15H28N4O/c1-3-5-17-14(20)11-18-7-9-19(10-8-18)13-15(2)4-6-16-12-15/h3,16H,1,4-13H2,2H3,(H,17,20). The fraction of sp³-hybridized carbons (Fsp3) is 0.800. The summed E-state index contributed by atoms with van der Waals surface area (Å²) in [6.07, 6.45) is 2.99. The van der Waals surface area contributed by atoms with Crippen LogP contribution in [0, 0.1) is 5.41 Å². The number of nitrogens with one attached hydrogen (secondary N) is 2. The summed E-state index contributed by atoms with van der Waals surface area (Å²) in [5.41, 5.74) is 0.434. The second kappa shape index (κ2) is 7.20. The summed E-state index contributed by atoms with van der Waals surface area (Å²) in [5, 5.41) is 6.29. The van der Waals surface area contributed by atoms with Gasteiger partial charge in [-0.2, -0.15) is 0 Å². The van der Waals surface area contributed by atoms with Crippen LogP contribution in [0.1, 0.15) is 13.3 Å². The van der Waals surface area contributed by atoms with Crippen molar-refractivity contribution in [2.24, 2.45) is 5.41 Å².